The number of nitrogens with zero attached hydrogens (tertiary/aromatic N) is 2. The number of carbonyl (C=O) groups is 1. The molecular weight excluding hydrogens is 350 g/mol. The molecule has 2 aromatic carbocycles. The molecule has 1 N–H and O–H groups in total. The summed E-state index contributed by atoms with van der Waals surface area (Å²) in [7, 11) is 0. The van der Waals surface area contributed by atoms with Crippen molar-refractivity contribution in [2.45, 2.75) is 46.6 Å². The molecule has 0 radical (unpaired) electrons. The Hall–Kier alpha value is -3.08. The Bertz CT molecular complexity index is 939. The molecule has 0 spiro atoms. The van der Waals surface area contributed by atoms with Crippen LogP contribution in [0.25, 0.3) is 5.69 Å². The van der Waals surface area contributed by atoms with Crippen LogP contribution in [0.1, 0.15) is 55.2 Å². The van der Waals surface area contributed by atoms with Gasteiger partial charge in [0.15, 0.2) is 0 Å². The molecule has 5 nitrogen and oxygen atoms in total. The first kappa shape index (κ1) is 19.7. The largest absolute Gasteiger partial charge is 0.491 e. The fourth-order valence-electron chi connectivity index (χ4n) is 3.07. The average molecular weight is 377 g/mol. The highest BCUT2D eigenvalue weighted by Gasteiger charge is 2.21. The topological polar surface area (TPSA) is 56.2 Å². The molecule has 5 heteroatoms. The summed E-state index contributed by atoms with van der Waals surface area (Å²) in [6.45, 7) is 10.1. The summed E-state index contributed by atoms with van der Waals surface area (Å²) in [6, 6.07) is 15.5. The molecule has 0 aliphatic carbocycles. The van der Waals surface area contributed by atoms with Crippen molar-refractivity contribution in [2.75, 3.05) is 5.32 Å². The molecule has 3 aromatic rings. The van der Waals surface area contributed by atoms with E-state index in [0.29, 0.717) is 5.56 Å². The quantitative estimate of drug-likeness (QED) is 0.630. The number of rotatable bonds is 6. The van der Waals surface area contributed by atoms with E-state index in [0.717, 1.165) is 22.8 Å². The SMILES string of the molecule is Cc1ccc(-n2ncc(C(=O)Nc3ccc(OC(C)C)cc3)c2C(C)C)cc1. The van der Waals surface area contributed by atoms with E-state index in [1.54, 1.807) is 6.20 Å². The van der Waals surface area contributed by atoms with Crippen LogP contribution in [0.4, 0.5) is 5.69 Å². The number of nitrogens with one attached hydrogen (secondary N) is 1. The average Bonchev–Trinajstić information content (AvgIpc) is 3.09. The van der Waals surface area contributed by atoms with Crippen LogP contribution in [0.3, 0.4) is 0 Å². The van der Waals surface area contributed by atoms with E-state index in [9.17, 15) is 4.79 Å². The van der Waals surface area contributed by atoms with E-state index in [2.05, 4.69) is 24.3 Å². The maximum atomic E-state index is 12.9. The van der Waals surface area contributed by atoms with Crippen LogP contribution in [0, 0.1) is 6.92 Å². The summed E-state index contributed by atoms with van der Waals surface area (Å²) in [6.07, 6.45) is 1.75. The number of anilines is 1. The van der Waals surface area contributed by atoms with Crippen molar-refractivity contribution in [2.24, 2.45) is 0 Å². The Balaban J connectivity index is 1.84. The van der Waals surface area contributed by atoms with Gasteiger partial charge in [0.25, 0.3) is 5.91 Å². The Morgan fingerprint density at radius 2 is 1.64 bits per heavy atom. The second-order valence-corrected chi connectivity index (χ2v) is 7.49. The van der Waals surface area contributed by atoms with Crippen molar-refractivity contribution < 1.29 is 9.53 Å². The Morgan fingerprint density at radius 1 is 1.00 bits per heavy atom. The van der Waals surface area contributed by atoms with Crippen molar-refractivity contribution in [1.29, 1.82) is 0 Å². The molecule has 146 valence electrons. The van der Waals surface area contributed by atoms with Crippen molar-refractivity contribution in [3.05, 3.63) is 71.5 Å². The Morgan fingerprint density at radius 3 is 2.21 bits per heavy atom. The van der Waals surface area contributed by atoms with Crippen LogP contribution in [-0.2, 0) is 0 Å². The second-order valence-electron chi connectivity index (χ2n) is 7.49. The van der Waals surface area contributed by atoms with Crippen LogP contribution in [0.2, 0.25) is 0 Å². The molecule has 0 saturated carbocycles. The van der Waals surface area contributed by atoms with Gasteiger partial charge in [0, 0.05) is 5.69 Å². The summed E-state index contributed by atoms with van der Waals surface area (Å²) < 4.78 is 7.49. The minimum absolute atomic E-state index is 0.113. The number of ether oxygens (including phenoxy) is 1. The zero-order valence-corrected chi connectivity index (χ0v) is 17.1. The van der Waals surface area contributed by atoms with Gasteiger partial charge >= 0.3 is 0 Å². The number of aryl methyl sites for hydroxylation is 1. The van der Waals surface area contributed by atoms with E-state index in [4.69, 9.17) is 4.74 Å². The molecule has 0 saturated heterocycles. The van der Waals surface area contributed by atoms with E-state index in [-0.39, 0.29) is 17.9 Å². The van der Waals surface area contributed by atoms with Gasteiger partial charge in [0.05, 0.1) is 29.2 Å². The van der Waals surface area contributed by atoms with Crippen molar-refractivity contribution in [1.82, 2.24) is 9.78 Å². The van der Waals surface area contributed by atoms with E-state index >= 15 is 0 Å². The van der Waals surface area contributed by atoms with Crippen LogP contribution < -0.4 is 10.1 Å². The van der Waals surface area contributed by atoms with Gasteiger partial charge in [-0.2, -0.15) is 5.10 Å². The molecule has 0 unspecified atom stereocenters. The van der Waals surface area contributed by atoms with Crippen LogP contribution in [0.15, 0.2) is 54.7 Å². The highest BCUT2D eigenvalue weighted by Crippen LogP contribution is 2.25. The van der Waals surface area contributed by atoms with Crippen LogP contribution >= 0.6 is 0 Å². The molecule has 0 aliphatic rings. The molecular formula is C23H27N3O2. The summed E-state index contributed by atoms with van der Waals surface area (Å²) >= 11 is 0. The lowest BCUT2D eigenvalue weighted by Crippen LogP contribution is -2.15. The maximum Gasteiger partial charge on any atom is 0.259 e. The van der Waals surface area contributed by atoms with Crippen molar-refractivity contribution in [3.63, 3.8) is 0 Å². The number of carbonyl (C=O) groups excluding carboxylic acids is 1. The van der Waals surface area contributed by atoms with Gasteiger partial charge in [-0.05, 0) is 63.1 Å². The predicted octanol–water partition coefficient (Wildman–Crippen LogP) is 5.34. The summed E-state index contributed by atoms with van der Waals surface area (Å²) in [5.74, 6) is 0.758. The first-order chi connectivity index (χ1) is 13.3. The molecule has 0 atom stereocenters. The van der Waals surface area contributed by atoms with Crippen molar-refractivity contribution >= 4 is 11.6 Å². The van der Waals surface area contributed by atoms with E-state index in [1.807, 2.05) is 74.0 Å². The lowest BCUT2D eigenvalue weighted by molar-refractivity contribution is 0.102. The maximum absolute atomic E-state index is 12.9. The molecule has 1 heterocycles. The standard InChI is InChI=1S/C23H27N3O2/c1-15(2)22-21(14-24-26(22)19-10-6-17(5)7-11-19)23(27)25-18-8-12-20(13-9-18)28-16(3)4/h6-16H,1-5H3,(H,25,27). The third-order valence-electron chi connectivity index (χ3n) is 4.36. The fourth-order valence-corrected chi connectivity index (χ4v) is 3.07. The fraction of sp³-hybridized carbons (Fsp3) is 0.304. The Kier molecular flexibility index (Phi) is 5.83. The number of hydrogen-bond donors (Lipinski definition) is 1. The third-order valence-corrected chi connectivity index (χ3v) is 4.36. The van der Waals surface area contributed by atoms with Gasteiger partial charge in [0.1, 0.15) is 5.75 Å². The summed E-state index contributed by atoms with van der Waals surface area (Å²) in [5.41, 5.74) is 4.33. The number of aromatic nitrogens is 2. The molecule has 1 aromatic heterocycles. The van der Waals surface area contributed by atoms with E-state index < -0.39 is 0 Å². The Labute approximate surface area is 166 Å². The first-order valence-corrected chi connectivity index (χ1v) is 9.58. The predicted molar refractivity (Wildman–Crippen MR) is 113 cm³/mol. The molecule has 28 heavy (non-hydrogen) atoms. The number of benzene rings is 2. The summed E-state index contributed by atoms with van der Waals surface area (Å²) in [4.78, 5) is 12.9. The van der Waals surface area contributed by atoms with Gasteiger partial charge in [0.2, 0.25) is 0 Å². The molecule has 0 aliphatic heterocycles. The molecule has 0 bridgehead atoms. The van der Waals surface area contributed by atoms with Crippen molar-refractivity contribution in [3.8, 4) is 11.4 Å². The molecule has 0 fully saturated rings. The molecule has 1 amide bonds. The highest BCUT2D eigenvalue weighted by atomic mass is 16.5. The minimum atomic E-state index is -0.167. The van der Waals surface area contributed by atoms with Gasteiger partial charge in [-0.1, -0.05) is 31.5 Å². The zero-order chi connectivity index (χ0) is 20.3. The van der Waals surface area contributed by atoms with Crippen LogP contribution in [0.5, 0.6) is 5.75 Å². The highest BCUT2D eigenvalue weighted by molar-refractivity contribution is 6.05. The van der Waals surface area contributed by atoms with Gasteiger partial charge < -0.3 is 10.1 Å². The molecule has 3 rings (SSSR count). The van der Waals surface area contributed by atoms with Gasteiger partial charge in [-0.25, -0.2) is 4.68 Å². The van der Waals surface area contributed by atoms with Crippen LogP contribution in [-0.4, -0.2) is 21.8 Å². The van der Waals surface area contributed by atoms with E-state index in [1.165, 1.54) is 5.56 Å². The lowest BCUT2D eigenvalue weighted by atomic mass is 10.0. The van der Waals surface area contributed by atoms with Gasteiger partial charge in [-0.3, -0.25) is 4.79 Å². The second kappa shape index (κ2) is 8.30. The number of amides is 1. The van der Waals surface area contributed by atoms with Gasteiger partial charge in [-0.15, -0.1) is 0 Å². The third kappa shape index (κ3) is 4.42. The summed E-state index contributed by atoms with van der Waals surface area (Å²) in [5, 5.41) is 7.44. The first-order valence-electron chi connectivity index (χ1n) is 9.58. The lowest BCUT2D eigenvalue weighted by Gasteiger charge is -2.14. The minimum Gasteiger partial charge on any atom is -0.491 e. The zero-order valence-electron chi connectivity index (χ0n) is 17.1. The monoisotopic (exact) mass is 377 g/mol. The number of hydrogen-bond acceptors (Lipinski definition) is 3. The smallest absolute Gasteiger partial charge is 0.259 e. The normalized spacial score (nSPS) is 11.1.